The van der Waals surface area contributed by atoms with Gasteiger partial charge < -0.3 is 20.3 Å². The van der Waals surface area contributed by atoms with Crippen molar-refractivity contribution in [1.82, 2.24) is 20.4 Å². The molecule has 0 bridgehead atoms. The van der Waals surface area contributed by atoms with Gasteiger partial charge in [-0.3, -0.25) is 9.69 Å². The van der Waals surface area contributed by atoms with E-state index in [0.717, 1.165) is 58.3 Å². The number of aliphatic imine (C=N–C) groups is 1. The minimum atomic E-state index is 0.00598. The molecule has 0 unspecified atom stereocenters. The number of hydrogen-bond donors (Lipinski definition) is 2. The lowest BCUT2D eigenvalue weighted by Gasteiger charge is -2.26. The van der Waals surface area contributed by atoms with Crippen LogP contribution >= 0.6 is 0 Å². The van der Waals surface area contributed by atoms with Crippen LogP contribution in [-0.4, -0.2) is 88.2 Å². The van der Waals surface area contributed by atoms with Crippen molar-refractivity contribution in [1.29, 1.82) is 0 Å². The number of carbonyl (C=O) groups excluding carboxylic acids is 1. The molecule has 0 aromatic rings. The van der Waals surface area contributed by atoms with E-state index in [4.69, 9.17) is 4.74 Å². The Kier molecular flexibility index (Phi) is 10.4. The van der Waals surface area contributed by atoms with E-state index >= 15 is 0 Å². The van der Waals surface area contributed by atoms with Crippen molar-refractivity contribution >= 4 is 11.9 Å². The molecule has 0 aromatic carbocycles. The molecule has 140 valence electrons. The second-order valence-corrected chi connectivity index (χ2v) is 6.80. The molecule has 0 atom stereocenters. The summed E-state index contributed by atoms with van der Waals surface area (Å²) in [7, 11) is 3.50. The van der Waals surface area contributed by atoms with Crippen molar-refractivity contribution < 1.29 is 9.53 Å². The van der Waals surface area contributed by atoms with Gasteiger partial charge in [-0.25, -0.2) is 4.99 Å². The Morgan fingerprint density at radius 2 is 1.88 bits per heavy atom. The van der Waals surface area contributed by atoms with E-state index in [1.54, 1.807) is 19.0 Å². The first-order valence-corrected chi connectivity index (χ1v) is 9.01. The SMILES string of the molecule is CC(C)CCCNC(=NCC(=O)N(C)C)NCCN1CCOCC1. The number of morpholine rings is 1. The summed E-state index contributed by atoms with van der Waals surface area (Å²) in [6, 6.07) is 0. The molecule has 7 nitrogen and oxygen atoms in total. The minimum absolute atomic E-state index is 0.00598. The Bertz CT molecular complexity index is 379. The normalized spacial score (nSPS) is 16.3. The standard InChI is InChI=1S/C17H35N5O2/c1-15(2)6-5-7-18-17(20-14-16(23)21(3)4)19-8-9-22-10-12-24-13-11-22/h15H,5-14H2,1-4H3,(H2,18,19,20). The maximum Gasteiger partial charge on any atom is 0.243 e. The predicted octanol–water partition coefficient (Wildman–Crippen LogP) is 0.378. The van der Waals surface area contributed by atoms with Crippen LogP contribution in [0.5, 0.6) is 0 Å². The lowest BCUT2D eigenvalue weighted by atomic mass is 10.1. The summed E-state index contributed by atoms with van der Waals surface area (Å²) in [5.74, 6) is 1.44. The van der Waals surface area contributed by atoms with E-state index in [1.807, 2.05) is 0 Å². The van der Waals surface area contributed by atoms with Gasteiger partial charge in [0.1, 0.15) is 6.54 Å². The number of hydrogen-bond acceptors (Lipinski definition) is 4. The fourth-order valence-corrected chi connectivity index (χ4v) is 2.34. The lowest BCUT2D eigenvalue weighted by Crippen LogP contribution is -2.45. The number of carbonyl (C=O) groups is 1. The average molecular weight is 342 g/mol. The lowest BCUT2D eigenvalue weighted by molar-refractivity contribution is -0.127. The van der Waals surface area contributed by atoms with Crippen LogP contribution in [0.1, 0.15) is 26.7 Å². The summed E-state index contributed by atoms with van der Waals surface area (Å²) in [5.41, 5.74) is 0. The quantitative estimate of drug-likeness (QED) is 0.360. The summed E-state index contributed by atoms with van der Waals surface area (Å²) in [6.45, 7) is 10.9. The van der Waals surface area contributed by atoms with Crippen LogP contribution in [0.15, 0.2) is 4.99 Å². The predicted molar refractivity (Wildman–Crippen MR) is 98.3 cm³/mol. The van der Waals surface area contributed by atoms with Crippen molar-refractivity contribution in [3.05, 3.63) is 0 Å². The zero-order chi connectivity index (χ0) is 17.8. The molecule has 1 fully saturated rings. The summed E-state index contributed by atoms with van der Waals surface area (Å²) < 4.78 is 5.36. The van der Waals surface area contributed by atoms with Gasteiger partial charge in [-0.15, -0.1) is 0 Å². The average Bonchev–Trinajstić information content (AvgIpc) is 2.56. The summed E-state index contributed by atoms with van der Waals surface area (Å²) in [6.07, 6.45) is 2.29. The van der Waals surface area contributed by atoms with Gasteiger partial charge in [0.05, 0.1) is 13.2 Å². The third kappa shape index (κ3) is 9.72. The topological polar surface area (TPSA) is 69.2 Å². The van der Waals surface area contributed by atoms with Gasteiger partial charge in [-0.1, -0.05) is 13.8 Å². The number of likely N-dealkylation sites (N-methyl/N-ethyl adjacent to an activating group) is 1. The maximum atomic E-state index is 11.7. The molecule has 1 aliphatic heterocycles. The molecule has 24 heavy (non-hydrogen) atoms. The van der Waals surface area contributed by atoms with Gasteiger partial charge in [0.25, 0.3) is 0 Å². The Labute approximate surface area is 146 Å². The fourth-order valence-electron chi connectivity index (χ4n) is 2.34. The van der Waals surface area contributed by atoms with Crippen molar-refractivity contribution in [2.75, 3.05) is 66.6 Å². The van der Waals surface area contributed by atoms with E-state index in [2.05, 4.69) is 34.4 Å². The van der Waals surface area contributed by atoms with Crippen molar-refractivity contribution in [3.8, 4) is 0 Å². The highest BCUT2D eigenvalue weighted by molar-refractivity contribution is 5.84. The zero-order valence-electron chi connectivity index (χ0n) is 15.8. The van der Waals surface area contributed by atoms with Gasteiger partial charge in [-0.05, 0) is 18.8 Å². The van der Waals surface area contributed by atoms with E-state index in [-0.39, 0.29) is 12.5 Å². The highest BCUT2D eigenvalue weighted by Crippen LogP contribution is 2.01. The van der Waals surface area contributed by atoms with Crippen LogP contribution in [0.25, 0.3) is 0 Å². The smallest absolute Gasteiger partial charge is 0.243 e. The van der Waals surface area contributed by atoms with Crippen LogP contribution in [-0.2, 0) is 9.53 Å². The van der Waals surface area contributed by atoms with Gasteiger partial charge in [-0.2, -0.15) is 0 Å². The number of nitrogens with zero attached hydrogens (tertiary/aromatic N) is 3. The molecule has 0 aromatic heterocycles. The van der Waals surface area contributed by atoms with Crippen LogP contribution in [0.4, 0.5) is 0 Å². The molecule has 1 rings (SSSR count). The first-order valence-electron chi connectivity index (χ1n) is 9.01. The molecule has 0 saturated carbocycles. The van der Waals surface area contributed by atoms with Gasteiger partial charge in [0, 0.05) is 46.8 Å². The van der Waals surface area contributed by atoms with Gasteiger partial charge in [0.2, 0.25) is 5.91 Å². The van der Waals surface area contributed by atoms with E-state index in [0.29, 0.717) is 5.92 Å². The van der Waals surface area contributed by atoms with E-state index < -0.39 is 0 Å². The largest absolute Gasteiger partial charge is 0.379 e. The molecule has 0 radical (unpaired) electrons. The van der Waals surface area contributed by atoms with Crippen molar-refractivity contribution in [2.45, 2.75) is 26.7 Å². The zero-order valence-corrected chi connectivity index (χ0v) is 15.8. The molecule has 1 aliphatic rings. The van der Waals surface area contributed by atoms with Crippen LogP contribution < -0.4 is 10.6 Å². The number of amides is 1. The summed E-state index contributed by atoms with van der Waals surface area (Å²) in [4.78, 5) is 20.1. The van der Waals surface area contributed by atoms with Crippen LogP contribution in [0, 0.1) is 5.92 Å². The number of guanidine groups is 1. The van der Waals surface area contributed by atoms with Crippen LogP contribution in [0.3, 0.4) is 0 Å². The molecule has 1 saturated heterocycles. The minimum Gasteiger partial charge on any atom is -0.379 e. The first kappa shape index (κ1) is 20.7. The molecule has 0 spiro atoms. The molecule has 7 heteroatoms. The Morgan fingerprint density at radius 3 is 2.50 bits per heavy atom. The Balaban J connectivity index is 2.37. The number of ether oxygens (including phenoxy) is 1. The van der Waals surface area contributed by atoms with Crippen molar-refractivity contribution in [2.24, 2.45) is 10.9 Å². The Hall–Kier alpha value is -1.34. The summed E-state index contributed by atoms with van der Waals surface area (Å²) in [5, 5.41) is 6.67. The third-order valence-corrected chi connectivity index (χ3v) is 3.95. The molecule has 2 N–H and O–H groups in total. The highest BCUT2D eigenvalue weighted by atomic mass is 16.5. The number of rotatable bonds is 9. The second kappa shape index (κ2) is 12.1. The summed E-state index contributed by atoms with van der Waals surface area (Å²) >= 11 is 0. The van der Waals surface area contributed by atoms with E-state index in [1.165, 1.54) is 6.42 Å². The molecular weight excluding hydrogens is 306 g/mol. The van der Waals surface area contributed by atoms with Crippen molar-refractivity contribution in [3.63, 3.8) is 0 Å². The van der Waals surface area contributed by atoms with Gasteiger partial charge in [0.15, 0.2) is 5.96 Å². The molecule has 1 amide bonds. The molecular formula is C17H35N5O2. The molecule has 1 heterocycles. The van der Waals surface area contributed by atoms with E-state index in [9.17, 15) is 4.79 Å². The highest BCUT2D eigenvalue weighted by Gasteiger charge is 2.10. The monoisotopic (exact) mass is 341 g/mol. The number of nitrogens with one attached hydrogen (secondary N) is 2. The molecule has 0 aliphatic carbocycles. The fraction of sp³-hybridized carbons (Fsp3) is 0.882. The first-order chi connectivity index (χ1) is 11.5. The third-order valence-electron chi connectivity index (χ3n) is 3.95. The Morgan fingerprint density at radius 1 is 1.21 bits per heavy atom. The second-order valence-electron chi connectivity index (χ2n) is 6.80. The van der Waals surface area contributed by atoms with Crippen LogP contribution in [0.2, 0.25) is 0 Å². The van der Waals surface area contributed by atoms with Gasteiger partial charge >= 0.3 is 0 Å². The maximum absolute atomic E-state index is 11.7.